The lowest BCUT2D eigenvalue weighted by atomic mass is 10.2. The molecule has 0 saturated carbocycles. The Kier molecular flexibility index (Phi) is 5.23. The zero-order valence-corrected chi connectivity index (χ0v) is 12.2. The fourth-order valence-electron chi connectivity index (χ4n) is 1.29. The number of pyridine rings is 1. The summed E-state index contributed by atoms with van der Waals surface area (Å²) in [6.45, 7) is 6.19. The number of carbonyl (C=O) groups is 2. The Hall–Kier alpha value is -2.64. The minimum Gasteiger partial charge on any atom is -0.441 e. The number of amides is 1. The van der Waals surface area contributed by atoms with Crippen LogP contribution in [0, 0.1) is 0 Å². The minimum atomic E-state index is -0.886. The van der Waals surface area contributed by atoms with Gasteiger partial charge in [0.2, 0.25) is 0 Å². The van der Waals surface area contributed by atoms with Gasteiger partial charge in [-0.2, -0.15) is 0 Å². The molecule has 0 spiro atoms. The molecule has 0 bridgehead atoms. The van der Waals surface area contributed by atoms with Gasteiger partial charge in [-0.1, -0.05) is 16.3 Å². The van der Waals surface area contributed by atoms with Crippen molar-refractivity contribution < 1.29 is 24.4 Å². The molecule has 0 aromatic carbocycles. The highest BCUT2D eigenvalue weighted by Gasteiger charge is 2.27. The summed E-state index contributed by atoms with van der Waals surface area (Å²) in [7, 11) is 0. The van der Waals surface area contributed by atoms with Crippen molar-refractivity contribution in [3.8, 4) is 0 Å². The molecule has 0 saturated heterocycles. The summed E-state index contributed by atoms with van der Waals surface area (Å²) < 4.78 is 5.14. The zero-order valence-electron chi connectivity index (χ0n) is 12.2. The second kappa shape index (κ2) is 6.69. The fourth-order valence-corrected chi connectivity index (χ4v) is 1.29. The van der Waals surface area contributed by atoms with Crippen LogP contribution < -0.4 is 5.06 Å². The van der Waals surface area contributed by atoms with Gasteiger partial charge >= 0.3 is 12.1 Å². The van der Waals surface area contributed by atoms with E-state index in [1.54, 1.807) is 32.9 Å². The molecule has 1 rings (SSSR count). The van der Waals surface area contributed by atoms with E-state index in [4.69, 9.17) is 14.8 Å². The van der Waals surface area contributed by atoms with Crippen LogP contribution in [0.1, 0.15) is 33.4 Å². The third-order valence-corrected chi connectivity index (χ3v) is 1.93. The van der Waals surface area contributed by atoms with Crippen LogP contribution in [0.5, 0.6) is 0 Å². The van der Waals surface area contributed by atoms with Gasteiger partial charge in [-0.15, -0.1) is 0 Å². The minimum absolute atomic E-state index is 0.0249. The Labute approximate surface area is 121 Å². The van der Waals surface area contributed by atoms with Crippen molar-refractivity contribution in [1.82, 2.24) is 4.98 Å². The Morgan fingerprint density at radius 2 is 2.05 bits per heavy atom. The summed E-state index contributed by atoms with van der Waals surface area (Å²) in [5.41, 5.74) is -0.490. The van der Waals surface area contributed by atoms with E-state index in [2.05, 4.69) is 10.1 Å². The summed E-state index contributed by atoms with van der Waals surface area (Å²) in [6.07, 6.45) is 0.188. The van der Waals surface area contributed by atoms with Crippen LogP contribution in [0.2, 0.25) is 0 Å². The first-order valence-corrected chi connectivity index (χ1v) is 6.09. The van der Waals surface area contributed by atoms with Gasteiger partial charge in [-0.05, 0) is 32.9 Å². The van der Waals surface area contributed by atoms with Crippen LogP contribution in [0.4, 0.5) is 10.6 Å². The molecule has 114 valence electrons. The van der Waals surface area contributed by atoms with E-state index in [0.29, 0.717) is 5.06 Å². The average Bonchev–Trinajstić information content (AvgIpc) is 2.34. The fraction of sp³-hybridized carbons (Fsp3) is 0.385. The molecule has 0 fully saturated rings. The smallest absolute Gasteiger partial charge is 0.441 e. The molecule has 1 amide bonds. The Morgan fingerprint density at radius 3 is 2.57 bits per heavy atom. The predicted octanol–water partition coefficient (Wildman–Crippen LogP) is 2.11. The Bertz CT molecular complexity index is 551. The third-order valence-electron chi connectivity index (χ3n) is 1.93. The molecule has 0 aliphatic heterocycles. The summed E-state index contributed by atoms with van der Waals surface area (Å²) >= 11 is 0. The lowest BCUT2D eigenvalue weighted by Gasteiger charge is -2.25. The Balaban J connectivity index is 3.10. The van der Waals surface area contributed by atoms with Gasteiger partial charge < -0.3 is 14.8 Å². The van der Waals surface area contributed by atoms with Gasteiger partial charge in [0.15, 0.2) is 5.82 Å². The maximum absolute atomic E-state index is 12.1. The summed E-state index contributed by atoms with van der Waals surface area (Å²) in [4.78, 5) is 32.0. The molecule has 0 aliphatic rings. The first kappa shape index (κ1) is 16.4. The number of hydrogen-bond donors (Lipinski definition) is 1. The molecule has 21 heavy (non-hydrogen) atoms. The van der Waals surface area contributed by atoms with E-state index in [1.165, 1.54) is 6.07 Å². The lowest BCUT2D eigenvalue weighted by Crippen LogP contribution is -2.38. The van der Waals surface area contributed by atoms with Crippen molar-refractivity contribution >= 4 is 24.1 Å². The van der Waals surface area contributed by atoms with Crippen LogP contribution in [0.15, 0.2) is 23.4 Å². The standard InChI is InChI=1S/C13H17N3O5/c1-9(17)21-16(12(18)20-13(2,3)4)11-7-5-6-10(15-11)8-14-19/h5-8,19H,1-4H3/b14-8-. The van der Waals surface area contributed by atoms with E-state index < -0.39 is 17.7 Å². The highest BCUT2D eigenvalue weighted by Crippen LogP contribution is 2.17. The van der Waals surface area contributed by atoms with Gasteiger partial charge in [0.1, 0.15) is 5.60 Å². The van der Waals surface area contributed by atoms with Crippen molar-refractivity contribution in [1.29, 1.82) is 0 Å². The molecule has 0 unspecified atom stereocenters. The van der Waals surface area contributed by atoms with Gasteiger partial charge in [-0.3, -0.25) is 0 Å². The van der Waals surface area contributed by atoms with Crippen LogP contribution in [-0.2, 0) is 14.4 Å². The molecule has 0 radical (unpaired) electrons. The topological polar surface area (TPSA) is 101 Å². The second-order valence-corrected chi connectivity index (χ2v) is 5.02. The second-order valence-electron chi connectivity index (χ2n) is 5.02. The van der Waals surface area contributed by atoms with Gasteiger partial charge in [-0.25, -0.2) is 14.6 Å². The first-order valence-electron chi connectivity index (χ1n) is 6.09. The number of anilines is 1. The van der Waals surface area contributed by atoms with Crippen molar-refractivity contribution in [3.63, 3.8) is 0 Å². The van der Waals surface area contributed by atoms with Crippen LogP contribution in [0.3, 0.4) is 0 Å². The molecule has 0 aliphatic carbocycles. The number of aromatic nitrogens is 1. The van der Waals surface area contributed by atoms with Gasteiger partial charge in [0.05, 0.1) is 11.9 Å². The van der Waals surface area contributed by atoms with E-state index in [-0.39, 0.29) is 11.5 Å². The van der Waals surface area contributed by atoms with Crippen molar-refractivity contribution in [2.45, 2.75) is 33.3 Å². The first-order chi connectivity index (χ1) is 9.73. The van der Waals surface area contributed by atoms with E-state index in [9.17, 15) is 9.59 Å². The molecule has 1 aromatic rings. The largest absolute Gasteiger partial charge is 0.450 e. The molecule has 1 aromatic heterocycles. The van der Waals surface area contributed by atoms with Gasteiger partial charge in [0.25, 0.3) is 0 Å². The van der Waals surface area contributed by atoms with E-state index in [1.807, 2.05) is 0 Å². The monoisotopic (exact) mass is 295 g/mol. The molecule has 8 nitrogen and oxygen atoms in total. The molecular formula is C13H17N3O5. The molecule has 1 N–H and O–H groups in total. The molecule has 1 heterocycles. The quantitative estimate of drug-likeness (QED) is 0.509. The summed E-state index contributed by atoms with van der Waals surface area (Å²) in [5.74, 6) is -0.680. The van der Waals surface area contributed by atoms with Crippen LogP contribution in [-0.4, -0.2) is 34.1 Å². The number of hydrogen-bond acceptors (Lipinski definition) is 7. The number of ether oxygens (including phenoxy) is 1. The third kappa shape index (κ3) is 5.47. The highest BCUT2D eigenvalue weighted by atomic mass is 16.8. The van der Waals surface area contributed by atoms with Crippen molar-refractivity contribution in [2.75, 3.05) is 5.06 Å². The summed E-state index contributed by atoms with van der Waals surface area (Å²) in [5, 5.41) is 12.0. The predicted molar refractivity (Wildman–Crippen MR) is 74.1 cm³/mol. The van der Waals surface area contributed by atoms with E-state index in [0.717, 1.165) is 13.1 Å². The number of oxime groups is 1. The molecular weight excluding hydrogens is 278 g/mol. The van der Waals surface area contributed by atoms with Crippen molar-refractivity contribution in [2.24, 2.45) is 5.16 Å². The molecule has 8 heteroatoms. The normalized spacial score (nSPS) is 11.2. The van der Waals surface area contributed by atoms with Gasteiger partial charge in [0, 0.05) is 6.92 Å². The van der Waals surface area contributed by atoms with Crippen LogP contribution in [0.25, 0.3) is 0 Å². The number of rotatable bonds is 2. The maximum atomic E-state index is 12.1. The number of hydroxylamine groups is 1. The number of carbonyl (C=O) groups excluding carboxylic acids is 2. The summed E-state index contributed by atoms with van der Waals surface area (Å²) in [6, 6.07) is 4.55. The van der Waals surface area contributed by atoms with Crippen molar-refractivity contribution in [3.05, 3.63) is 23.9 Å². The maximum Gasteiger partial charge on any atom is 0.450 e. The average molecular weight is 295 g/mol. The van der Waals surface area contributed by atoms with E-state index >= 15 is 0 Å². The number of nitrogens with zero attached hydrogens (tertiary/aromatic N) is 3. The Morgan fingerprint density at radius 1 is 1.38 bits per heavy atom. The lowest BCUT2D eigenvalue weighted by molar-refractivity contribution is -0.142. The van der Waals surface area contributed by atoms with Crippen LogP contribution >= 0.6 is 0 Å². The zero-order chi connectivity index (χ0) is 16.0. The highest BCUT2D eigenvalue weighted by molar-refractivity contribution is 5.87. The SMILES string of the molecule is CC(=O)ON(C(=O)OC(C)(C)C)c1cccc(/C=N\O)n1. The molecule has 0 atom stereocenters.